The highest BCUT2D eigenvalue weighted by Gasteiger charge is 2.19. The lowest BCUT2D eigenvalue weighted by molar-refractivity contribution is -0.153. The van der Waals surface area contributed by atoms with Gasteiger partial charge in [-0.05, 0) is 39.7 Å². The molecule has 0 amide bonds. The Morgan fingerprint density at radius 3 is 2.42 bits per heavy atom. The van der Waals surface area contributed by atoms with Gasteiger partial charge in [-0.15, -0.1) is 0 Å². The second-order valence-corrected chi connectivity index (χ2v) is 6.41. The van der Waals surface area contributed by atoms with E-state index in [1.165, 1.54) is 5.57 Å². The predicted molar refractivity (Wildman–Crippen MR) is 103 cm³/mol. The van der Waals surface area contributed by atoms with E-state index in [-0.39, 0.29) is 12.4 Å². The number of anilines is 1. The van der Waals surface area contributed by atoms with Gasteiger partial charge in [0.25, 0.3) is 0 Å². The predicted octanol–water partition coefficient (Wildman–Crippen LogP) is 5.24. The minimum Gasteiger partial charge on any atom is -0.460 e. The molecule has 24 heavy (non-hydrogen) atoms. The summed E-state index contributed by atoms with van der Waals surface area (Å²) in [4.78, 5) is 16.3. The van der Waals surface area contributed by atoms with E-state index < -0.39 is 5.60 Å². The van der Waals surface area contributed by atoms with Gasteiger partial charge in [0.2, 0.25) is 0 Å². The molecular formula is C20H34N2O2. The highest BCUT2D eigenvalue weighted by molar-refractivity contribution is 5.81. The van der Waals surface area contributed by atoms with Gasteiger partial charge in [0, 0.05) is 36.3 Å². The highest BCUT2D eigenvalue weighted by Crippen LogP contribution is 2.27. The Morgan fingerprint density at radius 1 is 1.29 bits per heavy atom. The number of carbonyl (C=O) groups excluding carboxylic acids is 1. The zero-order valence-corrected chi connectivity index (χ0v) is 16.6. The number of pyridine rings is 1. The smallest absolute Gasteiger partial charge is 0.310 e. The Morgan fingerprint density at radius 2 is 1.92 bits per heavy atom. The van der Waals surface area contributed by atoms with Gasteiger partial charge in [0.05, 0.1) is 6.42 Å². The Balaban J connectivity index is 0.00000254. The van der Waals surface area contributed by atoms with Crippen molar-refractivity contribution >= 4 is 17.2 Å². The summed E-state index contributed by atoms with van der Waals surface area (Å²) in [6, 6.07) is 0. The Bertz CT molecular complexity index is 543. The molecule has 4 heteroatoms. The van der Waals surface area contributed by atoms with E-state index in [1.54, 1.807) is 6.20 Å². The first-order chi connectivity index (χ1) is 11.3. The maximum Gasteiger partial charge on any atom is 0.310 e. The van der Waals surface area contributed by atoms with E-state index >= 15 is 0 Å². The number of rotatable bonds is 6. The van der Waals surface area contributed by atoms with Gasteiger partial charge in [-0.1, -0.05) is 33.3 Å². The van der Waals surface area contributed by atoms with Gasteiger partial charge >= 0.3 is 5.97 Å². The van der Waals surface area contributed by atoms with Crippen molar-refractivity contribution in [3.05, 3.63) is 29.6 Å². The number of unbranched alkanes of at least 4 members (excludes halogenated alkanes) is 1. The van der Waals surface area contributed by atoms with Crippen molar-refractivity contribution < 1.29 is 9.53 Å². The molecule has 1 aromatic heterocycles. The molecule has 0 aromatic carbocycles. The molecule has 1 aromatic rings. The molecule has 0 radical (unpaired) electrons. The van der Waals surface area contributed by atoms with Crippen LogP contribution in [0.15, 0.2) is 18.5 Å². The van der Waals surface area contributed by atoms with Gasteiger partial charge in [-0.3, -0.25) is 9.78 Å². The molecule has 0 fully saturated rings. The van der Waals surface area contributed by atoms with Crippen LogP contribution in [0.5, 0.6) is 0 Å². The lowest BCUT2D eigenvalue weighted by Gasteiger charge is -2.20. The summed E-state index contributed by atoms with van der Waals surface area (Å²) in [5.41, 5.74) is 3.55. The first-order valence-electron chi connectivity index (χ1n) is 8.82. The molecule has 0 atom stereocenters. The summed E-state index contributed by atoms with van der Waals surface area (Å²) in [6.07, 6.45) is 8.13. The van der Waals surface area contributed by atoms with E-state index in [2.05, 4.69) is 30.2 Å². The number of allylic oxidation sites excluding steroid dienone is 2. The Labute approximate surface area is 147 Å². The number of nitrogens with one attached hydrogen (secondary N) is 1. The molecule has 4 nitrogen and oxygen atoms in total. The molecule has 0 saturated heterocycles. The first kappa shape index (κ1) is 22.2. The number of nitrogens with zero attached hydrogens (tertiary/aromatic N) is 1. The molecule has 0 spiro atoms. The van der Waals surface area contributed by atoms with Crippen molar-refractivity contribution in [2.75, 3.05) is 12.4 Å². The zero-order chi connectivity index (χ0) is 18.8. The molecule has 0 aliphatic heterocycles. The first-order valence-corrected chi connectivity index (χ1v) is 8.82. The van der Waals surface area contributed by atoms with Gasteiger partial charge < -0.3 is 10.1 Å². The van der Waals surface area contributed by atoms with Crippen LogP contribution in [0.4, 0.5) is 5.69 Å². The number of esters is 1. The monoisotopic (exact) mass is 334 g/mol. The molecule has 1 N–H and O–H groups in total. The maximum atomic E-state index is 12.1. The summed E-state index contributed by atoms with van der Waals surface area (Å²) in [7, 11) is 1.87. The van der Waals surface area contributed by atoms with Gasteiger partial charge in [0.1, 0.15) is 5.60 Å². The van der Waals surface area contributed by atoms with Crippen LogP contribution >= 0.6 is 0 Å². The molecule has 0 bridgehead atoms. The van der Waals surface area contributed by atoms with Gasteiger partial charge in [0.15, 0.2) is 0 Å². The summed E-state index contributed by atoms with van der Waals surface area (Å²) < 4.78 is 5.40. The van der Waals surface area contributed by atoms with Crippen LogP contribution in [0.1, 0.15) is 72.4 Å². The topological polar surface area (TPSA) is 51.2 Å². The Hall–Kier alpha value is -1.84. The van der Waals surface area contributed by atoms with E-state index in [4.69, 9.17) is 4.74 Å². The summed E-state index contributed by atoms with van der Waals surface area (Å²) in [5.74, 6) is -0.238. The molecule has 1 rings (SSSR count). The zero-order valence-electron chi connectivity index (χ0n) is 16.6. The third-order valence-corrected chi connectivity index (χ3v) is 3.19. The van der Waals surface area contributed by atoms with E-state index in [0.29, 0.717) is 0 Å². The van der Waals surface area contributed by atoms with E-state index in [9.17, 15) is 4.79 Å². The van der Waals surface area contributed by atoms with Crippen LogP contribution in [0.25, 0.3) is 5.57 Å². The fourth-order valence-electron chi connectivity index (χ4n) is 2.24. The summed E-state index contributed by atoms with van der Waals surface area (Å²) in [6.45, 7) is 13.8. The number of hydrogen-bond acceptors (Lipinski definition) is 4. The van der Waals surface area contributed by atoms with Crippen molar-refractivity contribution in [2.45, 2.75) is 73.3 Å². The van der Waals surface area contributed by atoms with Crippen molar-refractivity contribution in [1.82, 2.24) is 4.98 Å². The fourth-order valence-corrected chi connectivity index (χ4v) is 2.24. The lowest BCUT2D eigenvalue weighted by Crippen LogP contribution is -2.25. The third kappa shape index (κ3) is 7.62. The van der Waals surface area contributed by atoms with Crippen LogP contribution in [-0.2, 0) is 16.0 Å². The van der Waals surface area contributed by atoms with Crippen molar-refractivity contribution in [1.29, 1.82) is 0 Å². The minimum atomic E-state index is -0.473. The van der Waals surface area contributed by atoms with Crippen LogP contribution < -0.4 is 5.32 Å². The molecule has 0 unspecified atom stereocenters. The number of ether oxygens (including phenoxy) is 1. The highest BCUT2D eigenvalue weighted by atomic mass is 16.6. The van der Waals surface area contributed by atoms with Crippen LogP contribution in [0.2, 0.25) is 0 Å². The largest absolute Gasteiger partial charge is 0.460 e. The standard InChI is InChI=1S/C18H28N2O2.C2H6/c1-7-8-9-13(2)15-12-20-11-14(17(15)19-6)10-16(21)22-18(3,4)5;1-2/h9,11-12H,7-8,10H2,1-6H3,(H,19,20);1-2H3/b13-9-;. The normalized spacial score (nSPS) is 11.4. The van der Waals surface area contributed by atoms with Crippen LogP contribution in [0.3, 0.4) is 0 Å². The SMILES string of the molecule is CC.CCC/C=C(/C)c1cncc(CC(=O)OC(C)(C)C)c1NC. The second kappa shape index (κ2) is 10.8. The molecule has 0 saturated carbocycles. The number of hydrogen-bond donors (Lipinski definition) is 1. The Kier molecular flexibility index (Phi) is 10.0. The summed E-state index contributed by atoms with van der Waals surface area (Å²) in [5, 5.41) is 3.20. The minimum absolute atomic E-state index is 0.218. The van der Waals surface area contributed by atoms with Gasteiger partial charge in [-0.2, -0.15) is 0 Å². The quantitative estimate of drug-likeness (QED) is 0.723. The summed E-state index contributed by atoms with van der Waals surface area (Å²) >= 11 is 0. The number of carbonyl (C=O) groups is 1. The number of aromatic nitrogens is 1. The van der Waals surface area contributed by atoms with E-state index in [1.807, 2.05) is 47.9 Å². The second-order valence-electron chi connectivity index (χ2n) is 6.41. The van der Waals surface area contributed by atoms with Crippen molar-refractivity contribution in [3.63, 3.8) is 0 Å². The molecule has 0 aliphatic rings. The van der Waals surface area contributed by atoms with E-state index in [0.717, 1.165) is 29.7 Å². The van der Waals surface area contributed by atoms with Gasteiger partial charge in [-0.25, -0.2) is 0 Å². The average Bonchev–Trinajstić information content (AvgIpc) is 2.52. The van der Waals surface area contributed by atoms with Crippen molar-refractivity contribution in [2.24, 2.45) is 0 Å². The third-order valence-electron chi connectivity index (χ3n) is 3.19. The average molecular weight is 335 g/mol. The lowest BCUT2D eigenvalue weighted by atomic mass is 10.0. The maximum absolute atomic E-state index is 12.1. The van der Waals surface area contributed by atoms with Crippen molar-refractivity contribution in [3.8, 4) is 0 Å². The van der Waals surface area contributed by atoms with Crippen LogP contribution in [-0.4, -0.2) is 23.6 Å². The fraction of sp³-hybridized carbons (Fsp3) is 0.600. The molecule has 1 heterocycles. The van der Waals surface area contributed by atoms with Crippen LogP contribution in [0, 0.1) is 0 Å². The molecule has 136 valence electrons. The molecular weight excluding hydrogens is 300 g/mol. The molecule has 0 aliphatic carbocycles.